The molecule has 0 amide bonds. The van der Waals surface area contributed by atoms with Crippen molar-refractivity contribution < 1.29 is 5.11 Å². The molecule has 1 aromatic carbocycles. The Morgan fingerprint density at radius 3 is 2.33 bits per heavy atom. The molecule has 0 aromatic heterocycles. The van der Waals surface area contributed by atoms with Crippen LogP contribution in [0.3, 0.4) is 0 Å². The summed E-state index contributed by atoms with van der Waals surface area (Å²) in [6.07, 6.45) is 6.40. The number of hydrogen-bond donors (Lipinski definition) is 1. The molecule has 0 spiro atoms. The van der Waals surface area contributed by atoms with E-state index in [0.717, 1.165) is 6.54 Å². The third-order valence-corrected chi connectivity index (χ3v) is 4.69. The summed E-state index contributed by atoms with van der Waals surface area (Å²) in [5.41, 5.74) is 1.43. The molecule has 0 aliphatic carbocycles. The highest BCUT2D eigenvalue weighted by Gasteiger charge is 2.37. The van der Waals surface area contributed by atoms with E-state index >= 15 is 0 Å². The fourth-order valence-corrected chi connectivity index (χ4v) is 3.79. The lowest BCUT2D eigenvalue weighted by Gasteiger charge is -2.48. The van der Waals surface area contributed by atoms with Crippen molar-refractivity contribution in [2.45, 2.75) is 50.7 Å². The first-order valence-corrected chi connectivity index (χ1v) is 7.27. The molecule has 0 saturated carbocycles. The van der Waals surface area contributed by atoms with Gasteiger partial charge in [0, 0.05) is 25.2 Å². The fraction of sp³-hybridized carbons (Fsp3) is 0.625. The topological polar surface area (TPSA) is 23.5 Å². The maximum Gasteiger partial charge on any atom is 0.0460 e. The van der Waals surface area contributed by atoms with E-state index in [4.69, 9.17) is 0 Å². The Bertz CT molecular complexity index is 364. The van der Waals surface area contributed by atoms with Gasteiger partial charge in [0.1, 0.15) is 0 Å². The molecule has 2 heteroatoms. The Morgan fingerprint density at radius 1 is 1.06 bits per heavy atom. The molecule has 3 rings (SSSR count). The predicted molar refractivity (Wildman–Crippen MR) is 73.2 cm³/mol. The molecule has 2 atom stereocenters. The van der Waals surface area contributed by atoms with E-state index in [2.05, 4.69) is 35.2 Å². The van der Waals surface area contributed by atoms with Gasteiger partial charge < -0.3 is 5.11 Å². The maximum absolute atomic E-state index is 9.40. The van der Waals surface area contributed by atoms with Crippen LogP contribution in [-0.2, 0) is 6.54 Å². The Hall–Kier alpha value is -0.860. The van der Waals surface area contributed by atoms with Gasteiger partial charge >= 0.3 is 0 Å². The first kappa shape index (κ1) is 12.2. The molecule has 2 aliphatic heterocycles. The number of hydrogen-bond acceptors (Lipinski definition) is 2. The van der Waals surface area contributed by atoms with Crippen molar-refractivity contribution in [3.63, 3.8) is 0 Å². The number of rotatable bonds is 3. The standard InChI is InChI=1S/C16H23NO/c18-12-14-9-15-7-4-8-16(10-14)17(15)11-13-5-2-1-3-6-13/h1-3,5-6,14-16,18H,4,7-12H2. The van der Waals surface area contributed by atoms with Gasteiger partial charge in [-0.15, -0.1) is 0 Å². The number of piperidine rings is 2. The Labute approximate surface area is 110 Å². The summed E-state index contributed by atoms with van der Waals surface area (Å²) in [5, 5.41) is 9.40. The molecule has 2 nitrogen and oxygen atoms in total. The van der Waals surface area contributed by atoms with Gasteiger partial charge in [-0.3, -0.25) is 4.90 Å². The molecular formula is C16H23NO. The number of nitrogens with zero attached hydrogens (tertiary/aromatic N) is 1. The van der Waals surface area contributed by atoms with Crippen LogP contribution in [0.4, 0.5) is 0 Å². The third kappa shape index (κ3) is 2.45. The van der Waals surface area contributed by atoms with Crippen molar-refractivity contribution in [3.8, 4) is 0 Å². The second-order valence-corrected chi connectivity index (χ2v) is 5.92. The minimum atomic E-state index is 0.381. The van der Waals surface area contributed by atoms with Crippen LogP contribution in [0.1, 0.15) is 37.7 Å². The van der Waals surface area contributed by atoms with E-state index in [0.29, 0.717) is 24.6 Å². The molecule has 1 N–H and O–H groups in total. The van der Waals surface area contributed by atoms with Crippen molar-refractivity contribution in [2.75, 3.05) is 6.61 Å². The van der Waals surface area contributed by atoms with Crippen LogP contribution >= 0.6 is 0 Å². The molecule has 0 radical (unpaired) electrons. The van der Waals surface area contributed by atoms with Crippen LogP contribution in [0.5, 0.6) is 0 Å². The second kappa shape index (κ2) is 5.41. The van der Waals surface area contributed by atoms with Crippen LogP contribution in [0.25, 0.3) is 0 Å². The highest BCUT2D eigenvalue weighted by atomic mass is 16.3. The highest BCUT2D eigenvalue weighted by molar-refractivity contribution is 5.15. The normalized spacial score (nSPS) is 32.4. The average molecular weight is 245 g/mol. The zero-order valence-corrected chi connectivity index (χ0v) is 11.0. The van der Waals surface area contributed by atoms with Gasteiger partial charge in [0.05, 0.1) is 0 Å². The Morgan fingerprint density at radius 2 is 1.72 bits per heavy atom. The summed E-state index contributed by atoms with van der Waals surface area (Å²) < 4.78 is 0. The van der Waals surface area contributed by atoms with Gasteiger partial charge in [0.25, 0.3) is 0 Å². The molecule has 2 heterocycles. The number of benzene rings is 1. The monoisotopic (exact) mass is 245 g/mol. The minimum absolute atomic E-state index is 0.381. The van der Waals surface area contributed by atoms with Crippen LogP contribution in [0, 0.1) is 5.92 Å². The van der Waals surface area contributed by atoms with Crippen LogP contribution in [-0.4, -0.2) is 28.7 Å². The van der Waals surface area contributed by atoms with E-state index in [1.165, 1.54) is 37.7 Å². The quantitative estimate of drug-likeness (QED) is 0.885. The molecule has 98 valence electrons. The van der Waals surface area contributed by atoms with Gasteiger partial charge in [-0.1, -0.05) is 36.8 Å². The Balaban J connectivity index is 1.72. The van der Waals surface area contributed by atoms with Crippen molar-refractivity contribution >= 4 is 0 Å². The number of aliphatic hydroxyl groups is 1. The lowest BCUT2D eigenvalue weighted by Crippen LogP contribution is -2.51. The molecule has 2 aliphatic rings. The van der Waals surface area contributed by atoms with Crippen molar-refractivity contribution in [1.82, 2.24) is 4.90 Å². The average Bonchev–Trinajstić information content (AvgIpc) is 2.39. The molecular weight excluding hydrogens is 222 g/mol. The van der Waals surface area contributed by atoms with Crippen LogP contribution in [0.15, 0.2) is 30.3 Å². The van der Waals surface area contributed by atoms with Gasteiger partial charge in [0.2, 0.25) is 0 Å². The molecule has 2 bridgehead atoms. The van der Waals surface area contributed by atoms with Gasteiger partial charge in [-0.05, 0) is 37.2 Å². The smallest absolute Gasteiger partial charge is 0.0460 e. The molecule has 2 unspecified atom stereocenters. The van der Waals surface area contributed by atoms with Gasteiger partial charge in [-0.25, -0.2) is 0 Å². The first-order valence-electron chi connectivity index (χ1n) is 7.27. The molecule has 2 saturated heterocycles. The highest BCUT2D eigenvalue weighted by Crippen LogP contribution is 2.37. The molecule has 18 heavy (non-hydrogen) atoms. The molecule has 1 aromatic rings. The van der Waals surface area contributed by atoms with Gasteiger partial charge in [-0.2, -0.15) is 0 Å². The summed E-state index contributed by atoms with van der Waals surface area (Å²) in [6, 6.07) is 12.2. The maximum atomic E-state index is 9.40. The third-order valence-electron chi connectivity index (χ3n) is 4.69. The summed E-state index contributed by atoms with van der Waals surface area (Å²) in [6.45, 7) is 1.47. The zero-order valence-electron chi connectivity index (χ0n) is 11.0. The van der Waals surface area contributed by atoms with E-state index in [-0.39, 0.29) is 0 Å². The fourth-order valence-electron chi connectivity index (χ4n) is 3.79. The van der Waals surface area contributed by atoms with Crippen molar-refractivity contribution in [1.29, 1.82) is 0 Å². The van der Waals surface area contributed by atoms with Crippen LogP contribution < -0.4 is 0 Å². The lowest BCUT2D eigenvalue weighted by atomic mass is 9.78. The molecule has 2 fully saturated rings. The minimum Gasteiger partial charge on any atom is -0.396 e. The predicted octanol–water partition coefficient (Wildman–Crippen LogP) is 2.81. The zero-order chi connectivity index (χ0) is 12.4. The summed E-state index contributed by atoms with van der Waals surface area (Å²) >= 11 is 0. The van der Waals surface area contributed by atoms with E-state index in [1.807, 2.05) is 0 Å². The van der Waals surface area contributed by atoms with E-state index < -0.39 is 0 Å². The first-order chi connectivity index (χ1) is 8.86. The van der Waals surface area contributed by atoms with Crippen molar-refractivity contribution in [2.24, 2.45) is 5.92 Å². The Kier molecular flexibility index (Phi) is 3.67. The van der Waals surface area contributed by atoms with Crippen LogP contribution in [0.2, 0.25) is 0 Å². The largest absolute Gasteiger partial charge is 0.396 e. The number of aliphatic hydroxyl groups excluding tert-OH is 1. The SMILES string of the molecule is OCC1CC2CCCC(C1)N2Cc1ccccc1. The van der Waals surface area contributed by atoms with Gasteiger partial charge in [0.15, 0.2) is 0 Å². The second-order valence-electron chi connectivity index (χ2n) is 5.92. The number of fused-ring (bicyclic) bond motifs is 2. The van der Waals surface area contributed by atoms with E-state index in [9.17, 15) is 5.11 Å². The van der Waals surface area contributed by atoms with E-state index in [1.54, 1.807) is 0 Å². The van der Waals surface area contributed by atoms with Crippen molar-refractivity contribution in [3.05, 3.63) is 35.9 Å². The summed E-state index contributed by atoms with van der Waals surface area (Å²) in [7, 11) is 0. The summed E-state index contributed by atoms with van der Waals surface area (Å²) in [4.78, 5) is 2.70. The lowest BCUT2D eigenvalue weighted by molar-refractivity contribution is -0.00694. The summed E-state index contributed by atoms with van der Waals surface area (Å²) in [5.74, 6) is 0.548.